The van der Waals surface area contributed by atoms with Crippen LogP contribution in [-0.2, 0) is 0 Å². The van der Waals surface area contributed by atoms with Crippen LogP contribution < -0.4 is 5.73 Å². The second kappa shape index (κ2) is 5.94. The highest BCUT2D eigenvalue weighted by atomic mass is 16.4. The number of oxime groups is 1. The van der Waals surface area contributed by atoms with Gasteiger partial charge in [0.2, 0.25) is 0 Å². The molecule has 1 rings (SSSR count). The Bertz CT molecular complexity index is 500. The Kier molecular flexibility index (Phi) is 4.57. The number of para-hydroxylation sites is 1. The number of amides is 1. The van der Waals surface area contributed by atoms with Crippen LogP contribution in [0.1, 0.15) is 24.2 Å². The molecule has 1 aromatic carbocycles. The van der Waals surface area contributed by atoms with Crippen molar-refractivity contribution in [3.63, 3.8) is 0 Å². The SMILES string of the molecule is CC(C)N(C/C(N)=N/O)C(=O)c1cccc(O)c1O. The van der Waals surface area contributed by atoms with E-state index in [4.69, 9.17) is 10.9 Å². The number of rotatable bonds is 4. The third-order valence-electron chi connectivity index (χ3n) is 2.59. The molecule has 1 amide bonds. The zero-order valence-corrected chi connectivity index (χ0v) is 10.7. The van der Waals surface area contributed by atoms with Gasteiger partial charge < -0.3 is 26.1 Å². The summed E-state index contributed by atoms with van der Waals surface area (Å²) in [7, 11) is 0. The van der Waals surface area contributed by atoms with Crippen LogP contribution in [0.4, 0.5) is 0 Å². The van der Waals surface area contributed by atoms with Crippen LogP contribution in [0.25, 0.3) is 0 Å². The van der Waals surface area contributed by atoms with Gasteiger partial charge in [0.05, 0.1) is 12.1 Å². The molecule has 0 aliphatic rings. The van der Waals surface area contributed by atoms with E-state index in [-0.39, 0.29) is 29.7 Å². The number of carbonyl (C=O) groups excluding carboxylic acids is 1. The average Bonchev–Trinajstić information content (AvgIpc) is 2.37. The van der Waals surface area contributed by atoms with Gasteiger partial charge in [0, 0.05) is 6.04 Å². The molecule has 0 heterocycles. The Morgan fingerprint density at radius 2 is 2.05 bits per heavy atom. The van der Waals surface area contributed by atoms with E-state index in [9.17, 15) is 15.0 Å². The van der Waals surface area contributed by atoms with Crippen molar-refractivity contribution in [3.8, 4) is 11.5 Å². The van der Waals surface area contributed by atoms with Crippen molar-refractivity contribution in [1.82, 2.24) is 4.90 Å². The standard InChI is InChI=1S/C12H17N3O4/c1-7(2)15(6-10(13)14-19)12(18)8-4-3-5-9(16)11(8)17/h3-5,7,16-17,19H,6H2,1-2H3,(H2,13,14). The summed E-state index contributed by atoms with van der Waals surface area (Å²) < 4.78 is 0. The van der Waals surface area contributed by atoms with Gasteiger partial charge >= 0.3 is 0 Å². The first-order valence-electron chi connectivity index (χ1n) is 5.66. The number of carbonyl (C=O) groups is 1. The lowest BCUT2D eigenvalue weighted by Crippen LogP contribution is -2.42. The van der Waals surface area contributed by atoms with Crippen molar-refractivity contribution in [2.24, 2.45) is 10.9 Å². The van der Waals surface area contributed by atoms with E-state index < -0.39 is 11.7 Å². The van der Waals surface area contributed by atoms with Crippen molar-refractivity contribution in [2.45, 2.75) is 19.9 Å². The van der Waals surface area contributed by atoms with Gasteiger partial charge in [-0.25, -0.2) is 0 Å². The molecule has 5 N–H and O–H groups in total. The van der Waals surface area contributed by atoms with Crippen LogP contribution in [0.15, 0.2) is 23.4 Å². The highest BCUT2D eigenvalue weighted by molar-refractivity contribution is 5.99. The minimum atomic E-state index is -0.519. The first-order valence-corrected chi connectivity index (χ1v) is 5.66. The molecule has 0 atom stereocenters. The van der Waals surface area contributed by atoms with Crippen LogP contribution in [0.2, 0.25) is 0 Å². The Morgan fingerprint density at radius 3 is 2.58 bits per heavy atom. The number of phenols is 2. The van der Waals surface area contributed by atoms with Gasteiger partial charge in [0.1, 0.15) is 0 Å². The summed E-state index contributed by atoms with van der Waals surface area (Å²) in [5.41, 5.74) is 5.35. The van der Waals surface area contributed by atoms with Crippen molar-refractivity contribution >= 4 is 11.7 Å². The normalized spacial score (nSPS) is 11.6. The molecule has 0 aromatic heterocycles. The summed E-state index contributed by atoms with van der Waals surface area (Å²) in [4.78, 5) is 13.6. The summed E-state index contributed by atoms with van der Waals surface area (Å²) in [6.07, 6.45) is 0. The molecule has 0 saturated heterocycles. The van der Waals surface area contributed by atoms with Gasteiger partial charge in [-0.05, 0) is 26.0 Å². The van der Waals surface area contributed by atoms with Crippen molar-refractivity contribution in [2.75, 3.05) is 6.54 Å². The Morgan fingerprint density at radius 1 is 1.42 bits per heavy atom. The molecule has 7 heteroatoms. The maximum atomic E-state index is 12.3. The number of nitrogens with zero attached hydrogens (tertiary/aromatic N) is 2. The van der Waals surface area contributed by atoms with Crippen LogP contribution in [-0.4, -0.2) is 44.6 Å². The molecule has 0 radical (unpaired) electrons. The van der Waals surface area contributed by atoms with Gasteiger partial charge in [-0.1, -0.05) is 11.2 Å². The Labute approximate surface area is 110 Å². The number of nitrogens with two attached hydrogens (primary N) is 1. The van der Waals surface area contributed by atoms with Crippen LogP contribution in [0, 0.1) is 0 Å². The summed E-state index contributed by atoms with van der Waals surface area (Å²) in [5.74, 6) is -1.51. The van der Waals surface area contributed by atoms with Crippen molar-refractivity contribution in [3.05, 3.63) is 23.8 Å². The smallest absolute Gasteiger partial charge is 0.258 e. The third-order valence-corrected chi connectivity index (χ3v) is 2.59. The third kappa shape index (κ3) is 3.27. The molecule has 0 spiro atoms. The molecule has 0 unspecified atom stereocenters. The van der Waals surface area contributed by atoms with E-state index >= 15 is 0 Å². The molecule has 0 bridgehead atoms. The summed E-state index contributed by atoms with van der Waals surface area (Å²) >= 11 is 0. The quantitative estimate of drug-likeness (QED) is 0.210. The fourth-order valence-electron chi connectivity index (χ4n) is 1.55. The molecule has 0 aliphatic carbocycles. The van der Waals surface area contributed by atoms with Gasteiger partial charge in [-0.15, -0.1) is 0 Å². The van der Waals surface area contributed by atoms with Crippen molar-refractivity contribution in [1.29, 1.82) is 0 Å². The maximum Gasteiger partial charge on any atom is 0.258 e. The molecule has 0 saturated carbocycles. The molecule has 19 heavy (non-hydrogen) atoms. The highest BCUT2D eigenvalue weighted by Crippen LogP contribution is 2.29. The van der Waals surface area contributed by atoms with E-state index in [0.717, 1.165) is 0 Å². The summed E-state index contributed by atoms with van der Waals surface area (Å²) in [5, 5.41) is 30.4. The Hall–Kier alpha value is -2.44. The number of aromatic hydroxyl groups is 2. The largest absolute Gasteiger partial charge is 0.504 e. The maximum absolute atomic E-state index is 12.3. The zero-order chi connectivity index (χ0) is 14.6. The lowest BCUT2D eigenvalue weighted by atomic mass is 10.1. The fourth-order valence-corrected chi connectivity index (χ4v) is 1.55. The number of amidine groups is 1. The van der Waals surface area contributed by atoms with Crippen molar-refractivity contribution < 1.29 is 20.2 Å². The number of hydrogen-bond acceptors (Lipinski definition) is 5. The monoisotopic (exact) mass is 267 g/mol. The van der Waals surface area contributed by atoms with E-state index in [1.165, 1.54) is 23.1 Å². The molecule has 0 aliphatic heterocycles. The number of phenolic OH excluding ortho intramolecular Hbond substituents is 2. The average molecular weight is 267 g/mol. The van der Waals surface area contributed by atoms with Gasteiger partial charge in [0.25, 0.3) is 5.91 Å². The molecule has 7 nitrogen and oxygen atoms in total. The predicted octanol–water partition coefficient (Wildman–Crippen LogP) is 0.695. The first-order chi connectivity index (χ1) is 8.88. The van der Waals surface area contributed by atoms with Gasteiger partial charge in [0.15, 0.2) is 17.3 Å². The highest BCUT2D eigenvalue weighted by Gasteiger charge is 2.23. The van der Waals surface area contributed by atoms with E-state index in [0.29, 0.717) is 0 Å². The van der Waals surface area contributed by atoms with E-state index in [1.807, 2.05) is 0 Å². The molecule has 1 aromatic rings. The molecule has 104 valence electrons. The summed E-state index contributed by atoms with van der Waals surface area (Å²) in [6.45, 7) is 3.42. The van der Waals surface area contributed by atoms with Gasteiger partial charge in [-0.3, -0.25) is 4.79 Å². The minimum absolute atomic E-state index is 0.0422. The minimum Gasteiger partial charge on any atom is -0.504 e. The molecular formula is C12H17N3O4. The van der Waals surface area contributed by atoms with Crippen LogP contribution >= 0.6 is 0 Å². The second-order valence-electron chi connectivity index (χ2n) is 4.29. The lowest BCUT2D eigenvalue weighted by Gasteiger charge is -2.26. The van der Waals surface area contributed by atoms with Crippen LogP contribution in [0.5, 0.6) is 11.5 Å². The van der Waals surface area contributed by atoms with E-state index in [2.05, 4.69) is 5.16 Å². The Balaban J connectivity index is 3.10. The second-order valence-corrected chi connectivity index (χ2v) is 4.29. The van der Waals surface area contributed by atoms with Crippen LogP contribution in [0.3, 0.4) is 0 Å². The summed E-state index contributed by atoms with van der Waals surface area (Å²) in [6, 6.07) is 3.88. The first kappa shape index (κ1) is 14.6. The molecule has 0 fully saturated rings. The van der Waals surface area contributed by atoms with Gasteiger partial charge in [-0.2, -0.15) is 0 Å². The zero-order valence-electron chi connectivity index (χ0n) is 10.7. The lowest BCUT2D eigenvalue weighted by molar-refractivity contribution is 0.0730. The number of benzene rings is 1. The number of hydrogen-bond donors (Lipinski definition) is 4. The fraction of sp³-hybridized carbons (Fsp3) is 0.333. The predicted molar refractivity (Wildman–Crippen MR) is 69.4 cm³/mol. The van der Waals surface area contributed by atoms with E-state index in [1.54, 1.807) is 13.8 Å². The molecular weight excluding hydrogens is 250 g/mol. The topological polar surface area (TPSA) is 119 Å².